The van der Waals surface area contributed by atoms with Crippen molar-refractivity contribution in [3.8, 4) is 17.2 Å². The van der Waals surface area contributed by atoms with Crippen molar-refractivity contribution in [2.45, 2.75) is 6.42 Å². The summed E-state index contributed by atoms with van der Waals surface area (Å²) in [5.41, 5.74) is 3.73. The number of para-hydroxylation sites is 2. The summed E-state index contributed by atoms with van der Waals surface area (Å²) >= 11 is 0. The summed E-state index contributed by atoms with van der Waals surface area (Å²) in [5.74, 6) is 0.509. The molecule has 0 unspecified atom stereocenters. The maximum atomic E-state index is 12.8. The van der Waals surface area contributed by atoms with E-state index in [1.807, 2.05) is 54.6 Å². The Morgan fingerprint density at radius 2 is 1.91 bits per heavy atom. The fourth-order valence-corrected chi connectivity index (χ4v) is 3.85. The van der Waals surface area contributed by atoms with E-state index >= 15 is 0 Å². The zero-order valence-corrected chi connectivity index (χ0v) is 17.4. The Hall–Kier alpha value is -4.13. The van der Waals surface area contributed by atoms with Crippen LogP contribution in [0.2, 0.25) is 0 Å². The lowest BCUT2D eigenvalue weighted by atomic mass is 10.1. The fourth-order valence-electron chi connectivity index (χ4n) is 3.85. The maximum absolute atomic E-state index is 12.8. The van der Waals surface area contributed by atoms with Crippen LogP contribution in [-0.2, 0) is 9.59 Å². The summed E-state index contributed by atoms with van der Waals surface area (Å²) in [4.78, 5) is 31.4. The first-order chi connectivity index (χ1) is 15.6. The second kappa shape index (κ2) is 8.19. The molecule has 0 radical (unpaired) electrons. The van der Waals surface area contributed by atoms with Crippen LogP contribution in [-0.4, -0.2) is 30.5 Å². The van der Waals surface area contributed by atoms with Crippen molar-refractivity contribution in [3.63, 3.8) is 0 Å². The summed E-state index contributed by atoms with van der Waals surface area (Å²) in [6.45, 7) is 0.332. The van der Waals surface area contributed by atoms with E-state index in [2.05, 4.69) is 10.3 Å². The van der Waals surface area contributed by atoms with Crippen LogP contribution in [0.15, 0.2) is 77.2 Å². The van der Waals surface area contributed by atoms with Gasteiger partial charge in [-0.1, -0.05) is 18.2 Å². The van der Waals surface area contributed by atoms with Gasteiger partial charge in [0.1, 0.15) is 11.3 Å². The van der Waals surface area contributed by atoms with Crippen molar-refractivity contribution in [3.05, 3.63) is 72.8 Å². The van der Waals surface area contributed by atoms with Gasteiger partial charge in [-0.05, 0) is 48.5 Å². The van der Waals surface area contributed by atoms with Crippen molar-refractivity contribution < 1.29 is 18.7 Å². The quantitative estimate of drug-likeness (QED) is 0.507. The van der Waals surface area contributed by atoms with E-state index in [1.165, 1.54) is 0 Å². The Morgan fingerprint density at radius 3 is 2.69 bits per heavy atom. The topological polar surface area (TPSA) is 84.7 Å². The number of aromatic nitrogens is 1. The van der Waals surface area contributed by atoms with Gasteiger partial charge in [0.2, 0.25) is 17.7 Å². The lowest BCUT2D eigenvalue weighted by Crippen LogP contribution is -2.28. The number of anilines is 2. The van der Waals surface area contributed by atoms with Crippen molar-refractivity contribution in [2.24, 2.45) is 5.92 Å². The first kappa shape index (κ1) is 19.8. The van der Waals surface area contributed by atoms with Crippen LogP contribution in [0.25, 0.3) is 22.6 Å². The Labute approximate surface area is 184 Å². The van der Waals surface area contributed by atoms with Crippen molar-refractivity contribution in [1.29, 1.82) is 0 Å². The summed E-state index contributed by atoms with van der Waals surface area (Å²) < 4.78 is 11.0. The number of fused-ring (bicyclic) bond motifs is 1. The molecule has 1 aliphatic rings. The van der Waals surface area contributed by atoms with E-state index < -0.39 is 5.92 Å². The predicted octanol–water partition coefficient (Wildman–Crippen LogP) is 4.50. The SMILES string of the molecule is COc1cccc(N2C[C@@H](C(=O)Nc3ccc(-c4nc5ccccc5o4)cc3)CC2=O)c1. The first-order valence-corrected chi connectivity index (χ1v) is 10.3. The number of ether oxygens (including phenoxy) is 1. The van der Waals surface area contributed by atoms with Gasteiger partial charge in [0.25, 0.3) is 0 Å². The minimum Gasteiger partial charge on any atom is -0.497 e. The van der Waals surface area contributed by atoms with Crippen LogP contribution < -0.4 is 15.0 Å². The van der Waals surface area contributed by atoms with Crippen LogP contribution >= 0.6 is 0 Å². The van der Waals surface area contributed by atoms with E-state index in [-0.39, 0.29) is 18.2 Å². The van der Waals surface area contributed by atoms with E-state index in [9.17, 15) is 9.59 Å². The van der Waals surface area contributed by atoms with Crippen molar-refractivity contribution in [1.82, 2.24) is 4.98 Å². The molecular weight excluding hydrogens is 406 g/mol. The van der Waals surface area contributed by atoms with Crippen LogP contribution in [0.5, 0.6) is 5.75 Å². The zero-order chi connectivity index (χ0) is 22.1. The molecule has 7 heteroatoms. The van der Waals surface area contributed by atoms with Crippen LogP contribution in [0.4, 0.5) is 11.4 Å². The Morgan fingerprint density at radius 1 is 1.09 bits per heavy atom. The van der Waals surface area contributed by atoms with Gasteiger partial charge in [-0.25, -0.2) is 4.98 Å². The second-order valence-corrected chi connectivity index (χ2v) is 7.66. The highest BCUT2D eigenvalue weighted by Gasteiger charge is 2.35. The lowest BCUT2D eigenvalue weighted by molar-refractivity contribution is -0.122. The van der Waals surface area contributed by atoms with Gasteiger partial charge in [0.05, 0.1) is 13.0 Å². The summed E-state index contributed by atoms with van der Waals surface area (Å²) in [5, 5.41) is 2.91. The average Bonchev–Trinajstić information content (AvgIpc) is 3.43. The normalized spacial score (nSPS) is 15.8. The number of hydrogen-bond acceptors (Lipinski definition) is 5. The minimum absolute atomic E-state index is 0.0790. The van der Waals surface area contributed by atoms with Crippen LogP contribution in [0.1, 0.15) is 6.42 Å². The molecule has 2 amide bonds. The van der Waals surface area contributed by atoms with E-state index in [0.29, 0.717) is 23.9 Å². The van der Waals surface area contributed by atoms with Crippen LogP contribution in [0.3, 0.4) is 0 Å². The van der Waals surface area contributed by atoms with Gasteiger partial charge in [0.15, 0.2) is 5.58 Å². The highest BCUT2D eigenvalue weighted by Crippen LogP contribution is 2.29. The van der Waals surface area contributed by atoms with Gasteiger partial charge in [0, 0.05) is 36.0 Å². The number of amides is 2. The molecule has 2 heterocycles. The van der Waals surface area contributed by atoms with Crippen molar-refractivity contribution in [2.75, 3.05) is 23.9 Å². The average molecular weight is 427 g/mol. The number of nitrogens with one attached hydrogen (secondary N) is 1. The Balaban J connectivity index is 1.26. The molecule has 0 spiro atoms. The van der Waals surface area contributed by atoms with Gasteiger partial charge >= 0.3 is 0 Å². The molecule has 1 aromatic heterocycles. The smallest absolute Gasteiger partial charge is 0.229 e. The molecule has 0 bridgehead atoms. The fraction of sp³-hybridized carbons (Fsp3) is 0.160. The third-order valence-electron chi connectivity index (χ3n) is 5.55. The molecule has 0 saturated carbocycles. The maximum Gasteiger partial charge on any atom is 0.229 e. The highest BCUT2D eigenvalue weighted by atomic mass is 16.5. The molecule has 7 nitrogen and oxygen atoms in total. The number of nitrogens with zero attached hydrogens (tertiary/aromatic N) is 2. The molecule has 1 fully saturated rings. The van der Waals surface area contributed by atoms with E-state index in [4.69, 9.17) is 9.15 Å². The molecule has 32 heavy (non-hydrogen) atoms. The van der Waals surface area contributed by atoms with E-state index in [1.54, 1.807) is 30.2 Å². The first-order valence-electron chi connectivity index (χ1n) is 10.3. The molecule has 0 aliphatic carbocycles. The number of oxazole rings is 1. The van der Waals surface area contributed by atoms with Gasteiger partial charge < -0.3 is 19.4 Å². The molecule has 4 aromatic rings. The monoisotopic (exact) mass is 427 g/mol. The molecule has 160 valence electrons. The van der Waals surface area contributed by atoms with Gasteiger partial charge in [-0.2, -0.15) is 0 Å². The number of rotatable bonds is 5. The number of benzene rings is 3. The predicted molar refractivity (Wildman–Crippen MR) is 122 cm³/mol. The number of carbonyl (C=O) groups is 2. The molecule has 1 aliphatic heterocycles. The van der Waals surface area contributed by atoms with Gasteiger partial charge in [-0.15, -0.1) is 0 Å². The molecule has 1 saturated heterocycles. The second-order valence-electron chi connectivity index (χ2n) is 7.66. The third-order valence-corrected chi connectivity index (χ3v) is 5.55. The van der Waals surface area contributed by atoms with Gasteiger partial charge in [-0.3, -0.25) is 9.59 Å². The standard InChI is InChI=1S/C25H21N3O4/c1-31-20-6-4-5-19(14-20)28-15-17(13-23(28)29)24(30)26-18-11-9-16(10-12-18)25-27-21-7-2-3-8-22(21)32-25/h2-12,14,17H,13,15H2,1H3,(H,26,30)/t17-/m0/s1. The largest absolute Gasteiger partial charge is 0.497 e. The van der Waals surface area contributed by atoms with E-state index in [0.717, 1.165) is 22.4 Å². The zero-order valence-electron chi connectivity index (χ0n) is 17.4. The molecule has 1 N–H and O–H groups in total. The van der Waals surface area contributed by atoms with Crippen molar-refractivity contribution >= 4 is 34.3 Å². The Kier molecular flexibility index (Phi) is 5.07. The minimum atomic E-state index is -0.426. The summed E-state index contributed by atoms with van der Waals surface area (Å²) in [7, 11) is 1.58. The summed E-state index contributed by atoms with van der Waals surface area (Å²) in [6, 6.07) is 22.2. The third kappa shape index (κ3) is 3.80. The number of methoxy groups -OCH3 is 1. The molecule has 5 rings (SSSR count). The summed E-state index contributed by atoms with van der Waals surface area (Å²) in [6.07, 6.45) is 0.171. The number of carbonyl (C=O) groups excluding carboxylic acids is 2. The molecule has 1 atom stereocenters. The van der Waals surface area contributed by atoms with Crippen LogP contribution in [0, 0.1) is 5.92 Å². The lowest BCUT2D eigenvalue weighted by Gasteiger charge is -2.17. The number of hydrogen-bond donors (Lipinski definition) is 1. The molecule has 3 aromatic carbocycles. The highest BCUT2D eigenvalue weighted by molar-refractivity contribution is 6.03. The Bertz CT molecular complexity index is 1260. The molecular formula is C25H21N3O4.